The van der Waals surface area contributed by atoms with Crippen molar-refractivity contribution in [3.63, 3.8) is 0 Å². The van der Waals surface area contributed by atoms with Crippen LogP contribution in [-0.4, -0.2) is 6.54 Å². The molecule has 0 aliphatic rings. The van der Waals surface area contributed by atoms with Crippen LogP contribution in [0.1, 0.15) is 239 Å². The van der Waals surface area contributed by atoms with E-state index in [0.29, 0.717) is 0 Å². The van der Waals surface area contributed by atoms with E-state index in [4.69, 9.17) is 5.73 Å². The van der Waals surface area contributed by atoms with E-state index in [0.717, 1.165) is 12.5 Å². The van der Waals surface area contributed by atoms with Gasteiger partial charge in [-0.25, -0.2) is 0 Å². The summed E-state index contributed by atoms with van der Waals surface area (Å²) < 4.78 is 0. The lowest BCUT2D eigenvalue weighted by Crippen LogP contribution is -2.09. The predicted octanol–water partition coefficient (Wildman–Crippen LogP) is 14.3. The van der Waals surface area contributed by atoms with Crippen molar-refractivity contribution in [1.82, 2.24) is 0 Å². The first-order chi connectivity index (χ1) is 19.8. The molecule has 0 amide bonds. The minimum Gasteiger partial charge on any atom is -0.330 e. The second kappa shape index (κ2) is 37.0. The summed E-state index contributed by atoms with van der Waals surface area (Å²) in [7, 11) is 0. The van der Waals surface area contributed by atoms with E-state index in [2.05, 4.69) is 13.8 Å². The fourth-order valence-electron chi connectivity index (χ4n) is 6.63. The van der Waals surface area contributed by atoms with E-state index in [1.807, 2.05) is 0 Å². The molecule has 242 valence electrons. The van der Waals surface area contributed by atoms with E-state index in [9.17, 15) is 0 Å². The van der Waals surface area contributed by atoms with Gasteiger partial charge in [0.2, 0.25) is 0 Å². The zero-order valence-electron chi connectivity index (χ0n) is 28.6. The Kier molecular flexibility index (Phi) is 36.9. The van der Waals surface area contributed by atoms with Crippen LogP contribution in [0.5, 0.6) is 0 Å². The molecule has 0 aromatic heterocycles. The molecule has 0 aliphatic carbocycles. The van der Waals surface area contributed by atoms with Gasteiger partial charge in [-0.1, -0.05) is 232 Å². The molecule has 0 saturated carbocycles. The summed E-state index contributed by atoms with van der Waals surface area (Å²) >= 11 is 0. The minimum absolute atomic E-state index is 0.891. The quantitative estimate of drug-likeness (QED) is 0.0753. The van der Waals surface area contributed by atoms with E-state index in [1.165, 1.54) is 225 Å². The van der Waals surface area contributed by atoms with Gasteiger partial charge in [-0.15, -0.1) is 0 Å². The molecule has 0 aromatic rings. The third-order valence-electron chi connectivity index (χ3n) is 9.51. The highest BCUT2D eigenvalue weighted by atomic mass is 14.5. The number of nitrogens with two attached hydrogens (primary N) is 1. The standard InChI is InChI=1S/C39H81N/c1-3-5-7-9-11-13-15-17-19-21-23-25-27-29-31-33-35-39(37-38-40)36-34-32-30-28-26-24-22-20-18-16-14-12-10-8-6-4-2/h39H,3-38,40H2,1-2H3. The minimum atomic E-state index is 0.891. The van der Waals surface area contributed by atoms with Crippen molar-refractivity contribution in [3.05, 3.63) is 0 Å². The highest BCUT2D eigenvalue weighted by Gasteiger charge is 2.07. The molecule has 0 aromatic carbocycles. The molecule has 0 heterocycles. The van der Waals surface area contributed by atoms with Crippen LogP contribution in [-0.2, 0) is 0 Å². The molecule has 0 saturated heterocycles. The van der Waals surface area contributed by atoms with Crippen molar-refractivity contribution in [2.24, 2.45) is 11.7 Å². The highest BCUT2D eigenvalue weighted by molar-refractivity contribution is 4.62. The summed E-state index contributed by atoms with van der Waals surface area (Å²) in [5.41, 5.74) is 5.95. The number of unbranched alkanes of at least 4 members (excludes halogenated alkanes) is 30. The molecular formula is C39H81N. The third-order valence-corrected chi connectivity index (χ3v) is 9.51. The number of hydrogen-bond acceptors (Lipinski definition) is 1. The van der Waals surface area contributed by atoms with Crippen LogP contribution in [0.3, 0.4) is 0 Å². The van der Waals surface area contributed by atoms with Crippen LogP contribution in [0, 0.1) is 5.92 Å². The Balaban J connectivity index is 3.35. The van der Waals surface area contributed by atoms with E-state index in [-0.39, 0.29) is 0 Å². The van der Waals surface area contributed by atoms with Crippen LogP contribution in [0.15, 0.2) is 0 Å². The van der Waals surface area contributed by atoms with Gasteiger partial charge in [-0.2, -0.15) is 0 Å². The van der Waals surface area contributed by atoms with Gasteiger partial charge in [0.1, 0.15) is 0 Å². The fourth-order valence-corrected chi connectivity index (χ4v) is 6.63. The molecule has 0 bridgehead atoms. The predicted molar refractivity (Wildman–Crippen MR) is 185 cm³/mol. The zero-order chi connectivity index (χ0) is 29.0. The lowest BCUT2D eigenvalue weighted by Gasteiger charge is -2.16. The summed E-state index contributed by atoms with van der Waals surface area (Å²) in [6, 6.07) is 0. The first kappa shape index (κ1) is 40.0. The molecule has 0 atom stereocenters. The van der Waals surface area contributed by atoms with E-state index in [1.54, 1.807) is 0 Å². The van der Waals surface area contributed by atoms with Crippen LogP contribution in [0.4, 0.5) is 0 Å². The average molecular weight is 564 g/mol. The topological polar surface area (TPSA) is 26.0 Å². The normalized spacial score (nSPS) is 11.7. The highest BCUT2D eigenvalue weighted by Crippen LogP contribution is 2.22. The molecule has 0 aliphatic heterocycles. The van der Waals surface area contributed by atoms with Crippen LogP contribution < -0.4 is 5.73 Å². The van der Waals surface area contributed by atoms with Crippen molar-refractivity contribution in [2.45, 2.75) is 239 Å². The molecular weight excluding hydrogens is 482 g/mol. The van der Waals surface area contributed by atoms with E-state index >= 15 is 0 Å². The summed E-state index contributed by atoms with van der Waals surface area (Å²) in [5.74, 6) is 0.906. The SMILES string of the molecule is CCCCCCCCCCCCCCCCCCC(CCN)CCCCCCCCCCCCCCCCCC. The van der Waals surface area contributed by atoms with Crippen molar-refractivity contribution >= 4 is 0 Å². The van der Waals surface area contributed by atoms with Gasteiger partial charge in [-0.3, -0.25) is 0 Å². The Morgan fingerprint density at radius 1 is 0.275 bits per heavy atom. The fraction of sp³-hybridized carbons (Fsp3) is 1.00. The second-order valence-corrected chi connectivity index (χ2v) is 13.6. The third kappa shape index (κ3) is 34.2. The Morgan fingerprint density at radius 3 is 0.675 bits per heavy atom. The van der Waals surface area contributed by atoms with Crippen molar-refractivity contribution in [2.75, 3.05) is 6.54 Å². The average Bonchev–Trinajstić information content (AvgIpc) is 2.96. The molecule has 1 nitrogen and oxygen atoms in total. The Morgan fingerprint density at radius 2 is 0.475 bits per heavy atom. The Bertz CT molecular complexity index is 383. The molecule has 0 spiro atoms. The van der Waals surface area contributed by atoms with Crippen LogP contribution in [0.2, 0.25) is 0 Å². The molecule has 0 unspecified atom stereocenters. The summed E-state index contributed by atoms with van der Waals surface area (Å²) in [5, 5.41) is 0. The second-order valence-electron chi connectivity index (χ2n) is 13.6. The Hall–Kier alpha value is -0.0400. The van der Waals surface area contributed by atoms with E-state index < -0.39 is 0 Å². The van der Waals surface area contributed by atoms with Gasteiger partial charge in [-0.05, 0) is 18.9 Å². The van der Waals surface area contributed by atoms with Crippen molar-refractivity contribution in [3.8, 4) is 0 Å². The summed E-state index contributed by atoms with van der Waals surface area (Å²) in [4.78, 5) is 0. The number of hydrogen-bond donors (Lipinski definition) is 1. The van der Waals surface area contributed by atoms with Gasteiger partial charge >= 0.3 is 0 Å². The molecule has 40 heavy (non-hydrogen) atoms. The smallest absolute Gasteiger partial charge is 0.00746 e. The molecule has 2 N–H and O–H groups in total. The maximum Gasteiger partial charge on any atom is -0.00746 e. The summed E-state index contributed by atoms with van der Waals surface area (Å²) in [6.07, 6.45) is 51.0. The molecule has 1 heteroatoms. The van der Waals surface area contributed by atoms with Crippen molar-refractivity contribution in [1.29, 1.82) is 0 Å². The first-order valence-electron chi connectivity index (χ1n) is 19.5. The molecule has 0 fully saturated rings. The van der Waals surface area contributed by atoms with Gasteiger partial charge in [0, 0.05) is 0 Å². The lowest BCUT2D eigenvalue weighted by atomic mass is 9.91. The number of rotatable bonds is 36. The monoisotopic (exact) mass is 564 g/mol. The van der Waals surface area contributed by atoms with Crippen LogP contribution in [0.25, 0.3) is 0 Å². The van der Waals surface area contributed by atoms with Gasteiger partial charge < -0.3 is 5.73 Å². The largest absolute Gasteiger partial charge is 0.330 e. The first-order valence-corrected chi connectivity index (χ1v) is 19.5. The maximum absolute atomic E-state index is 5.95. The maximum atomic E-state index is 5.95. The summed E-state index contributed by atoms with van der Waals surface area (Å²) in [6.45, 7) is 5.51. The molecule has 0 rings (SSSR count). The molecule has 0 radical (unpaired) electrons. The Labute approximate surface area is 256 Å². The lowest BCUT2D eigenvalue weighted by molar-refractivity contribution is 0.384. The van der Waals surface area contributed by atoms with Crippen molar-refractivity contribution < 1.29 is 0 Å². The van der Waals surface area contributed by atoms with Crippen LogP contribution >= 0.6 is 0 Å². The zero-order valence-corrected chi connectivity index (χ0v) is 28.6. The van der Waals surface area contributed by atoms with Gasteiger partial charge in [0.25, 0.3) is 0 Å². The van der Waals surface area contributed by atoms with Gasteiger partial charge in [0.15, 0.2) is 0 Å². The van der Waals surface area contributed by atoms with Gasteiger partial charge in [0.05, 0.1) is 0 Å².